The van der Waals surface area contributed by atoms with E-state index >= 15 is 0 Å². The summed E-state index contributed by atoms with van der Waals surface area (Å²) in [5.74, 6) is 0.997. The van der Waals surface area contributed by atoms with E-state index in [0.717, 1.165) is 23.4 Å². The molecule has 0 aliphatic heterocycles. The number of nitrogens with one attached hydrogen (secondary N) is 1. The molecular weight excluding hydrogens is 276 g/mol. The Morgan fingerprint density at radius 1 is 0.857 bits per heavy atom. The van der Waals surface area contributed by atoms with Crippen LogP contribution in [0.3, 0.4) is 0 Å². The summed E-state index contributed by atoms with van der Waals surface area (Å²) in [6, 6.07) is 14.4. The number of alkyl halides is 2. The fourth-order valence-corrected chi connectivity index (χ4v) is 1.88. The van der Waals surface area contributed by atoms with Crippen LogP contribution in [0.2, 0.25) is 0 Å². The summed E-state index contributed by atoms with van der Waals surface area (Å²) in [7, 11) is 1.63. The minimum absolute atomic E-state index is 0.170. The molecule has 112 valence electrons. The van der Waals surface area contributed by atoms with Crippen molar-refractivity contribution in [2.75, 3.05) is 7.11 Å². The largest absolute Gasteiger partial charge is 0.497 e. The van der Waals surface area contributed by atoms with E-state index in [1.807, 2.05) is 24.3 Å². The Kier molecular flexibility index (Phi) is 5.51. The van der Waals surface area contributed by atoms with Crippen LogP contribution in [0.5, 0.6) is 11.5 Å². The van der Waals surface area contributed by atoms with E-state index in [4.69, 9.17) is 4.74 Å². The summed E-state index contributed by atoms with van der Waals surface area (Å²) in [6.45, 7) is -1.41. The maximum absolute atomic E-state index is 12.0. The fraction of sp³-hybridized carbons (Fsp3) is 0.250. The van der Waals surface area contributed by atoms with Gasteiger partial charge in [0.1, 0.15) is 11.5 Å². The van der Waals surface area contributed by atoms with E-state index in [9.17, 15) is 8.78 Å². The zero-order valence-corrected chi connectivity index (χ0v) is 11.7. The summed E-state index contributed by atoms with van der Waals surface area (Å²) in [4.78, 5) is 0. The summed E-state index contributed by atoms with van der Waals surface area (Å²) in [6.07, 6.45) is 0. The molecule has 0 saturated heterocycles. The molecule has 0 radical (unpaired) electrons. The standard InChI is InChI=1S/C16H17F2NO2/c1-20-14-6-2-12(3-7-14)10-19-11-13-4-8-15(9-5-13)21-16(17)18/h2-9,16,19H,10-11H2,1H3. The van der Waals surface area contributed by atoms with Gasteiger partial charge in [-0.15, -0.1) is 0 Å². The molecule has 5 heteroatoms. The number of rotatable bonds is 7. The van der Waals surface area contributed by atoms with Gasteiger partial charge in [-0.3, -0.25) is 0 Å². The molecule has 0 heterocycles. The fourth-order valence-electron chi connectivity index (χ4n) is 1.88. The van der Waals surface area contributed by atoms with Crippen molar-refractivity contribution in [1.29, 1.82) is 0 Å². The highest BCUT2D eigenvalue weighted by Crippen LogP contribution is 2.15. The van der Waals surface area contributed by atoms with Crippen molar-refractivity contribution in [2.24, 2.45) is 0 Å². The molecule has 2 aromatic carbocycles. The Hall–Kier alpha value is -2.14. The Bertz CT molecular complexity index is 541. The van der Waals surface area contributed by atoms with E-state index in [1.165, 1.54) is 12.1 Å². The van der Waals surface area contributed by atoms with Crippen LogP contribution in [0, 0.1) is 0 Å². The molecule has 0 unspecified atom stereocenters. The molecule has 0 atom stereocenters. The third-order valence-corrected chi connectivity index (χ3v) is 2.97. The predicted molar refractivity (Wildman–Crippen MR) is 76.6 cm³/mol. The Balaban J connectivity index is 1.79. The molecule has 0 saturated carbocycles. The van der Waals surface area contributed by atoms with Crippen LogP contribution in [-0.4, -0.2) is 13.7 Å². The molecule has 0 fully saturated rings. The molecule has 3 nitrogen and oxygen atoms in total. The van der Waals surface area contributed by atoms with Gasteiger partial charge in [0.15, 0.2) is 0 Å². The smallest absolute Gasteiger partial charge is 0.387 e. The monoisotopic (exact) mass is 293 g/mol. The van der Waals surface area contributed by atoms with Crippen LogP contribution in [0.25, 0.3) is 0 Å². The second-order valence-corrected chi connectivity index (χ2v) is 4.47. The van der Waals surface area contributed by atoms with Crippen molar-refractivity contribution >= 4 is 0 Å². The lowest BCUT2D eigenvalue weighted by molar-refractivity contribution is -0.0498. The normalized spacial score (nSPS) is 10.7. The average molecular weight is 293 g/mol. The third kappa shape index (κ3) is 5.04. The lowest BCUT2D eigenvalue weighted by Crippen LogP contribution is -2.12. The molecule has 0 aliphatic rings. The van der Waals surface area contributed by atoms with Crippen LogP contribution in [0.4, 0.5) is 8.78 Å². The van der Waals surface area contributed by atoms with Crippen molar-refractivity contribution in [2.45, 2.75) is 19.7 Å². The van der Waals surface area contributed by atoms with Gasteiger partial charge in [0.05, 0.1) is 7.11 Å². The number of hydrogen-bond acceptors (Lipinski definition) is 3. The molecule has 2 rings (SSSR count). The number of benzene rings is 2. The van der Waals surface area contributed by atoms with E-state index in [2.05, 4.69) is 10.1 Å². The highest BCUT2D eigenvalue weighted by atomic mass is 19.3. The summed E-state index contributed by atoms with van der Waals surface area (Å²) >= 11 is 0. The van der Waals surface area contributed by atoms with Crippen LogP contribution < -0.4 is 14.8 Å². The highest BCUT2D eigenvalue weighted by Gasteiger charge is 2.03. The quantitative estimate of drug-likeness (QED) is 0.846. The van der Waals surface area contributed by atoms with E-state index < -0.39 is 6.61 Å². The Morgan fingerprint density at radius 3 is 1.76 bits per heavy atom. The van der Waals surface area contributed by atoms with Crippen molar-refractivity contribution in [3.05, 3.63) is 59.7 Å². The zero-order valence-electron chi connectivity index (χ0n) is 11.7. The van der Waals surface area contributed by atoms with Gasteiger partial charge < -0.3 is 14.8 Å². The first-order valence-corrected chi connectivity index (χ1v) is 6.55. The molecule has 1 N–H and O–H groups in total. The molecule has 0 amide bonds. The van der Waals surface area contributed by atoms with Gasteiger partial charge in [-0.2, -0.15) is 8.78 Å². The lowest BCUT2D eigenvalue weighted by atomic mass is 10.2. The minimum atomic E-state index is -2.79. The number of hydrogen-bond donors (Lipinski definition) is 1. The van der Waals surface area contributed by atoms with Crippen molar-refractivity contribution < 1.29 is 18.3 Å². The van der Waals surface area contributed by atoms with Crippen LogP contribution >= 0.6 is 0 Å². The molecule has 2 aromatic rings. The topological polar surface area (TPSA) is 30.5 Å². The molecule has 0 bridgehead atoms. The number of methoxy groups -OCH3 is 1. The summed E-state index contributed by atoms with van der Waals surface area (Å²) in [5, 5.41) is 3.29. The summed E-state index contributed by atoms with van der Waals surface area (Å²) < 4.78 is 33.4. The van der Waals surface area contributed by atoms with Gasteiger partial charge in [-0.1, -0.05) is 24.3 Å². The van der Waals surface area contributed by atoms with Crippen molar-refractivity contribution in [1.82, 2.24) is 5.32 Å². The molecule has 0 aliphatic carbocycles. The van der Waals surface area contributed by atoms with Crippen LogP contribution in [0.15, 0.2) is 48.5 Å². The third-order valence-electron chi connectivity index (χ3n) is 2.97. The Labute approximate surface area is 122 Å². The first kappa shape index (κ1) is 15.3. The van der Waals surface area contributed by atoms with Gasteiger partial charge in [0, 0.05) is 13.1 Å². The molecular formula is C16H17F2NO2. The van der Waals surface area contributed by atoms with Crippen LogP contribution in [-0.2, 0) is 13.1 Å². The number of halogens is 2. The average Bonchev–Trinajstić information content (AvgIpc) is 2.49. The SMILES string of the molecule is COc1ccc(CNCc2ccc(OC(F)F)cc2)cc1. The lowest BCUT2D eigenvalue weighted by Gasteiger charge is -2.08. The second-order valence-electron chi connectivity index (χ2n) is 4.47. The summed E-state index contributed by atoms with van der Waals surface area (Å²) in [5.41, 5.74) is 2.15. The Morgan fingerprint density at radius 2 is 1.33 bits per heavy atom. The van der Waals surface area contributed by atoms with E-state index in [-0.39, 0.29) is 5.75 Å². The van der Waals surface area contributed by atoms with Crippen molar-refractivity contribution in [3.63, 3.8) is 0 Å². The molecule has 21 heavy (non-hydrogen) atoms. The van der Waals surface area contributed by atoms with Crippen molar-refractivity contribution in [3.8, 4) is 11.5 Å². The van der Waals surface area contributed by atoms with Gasteiger partial charge in [0.2, 0.25) is 0 Å². The van der Waals surface area contributed by atoms with Gasteiger partial charge in [-0.25, -0.2) is 0 Å². The maximum Gasteiger partial charge on any atom is 0.387 e. The van der Waals surface area contributed by atoms with Crippen LogP contribution in [0.1, 0.15) is 11.1 Å². The first-order valence-electron chi connectivity index (χ1n) is 6.55. The molecule has 0 aromatic heterocycles. The zero-order chi connectivity index (χ0) is 15.1. The van der Waals surface area contributed by atoms with Gasteiger partial charge >= 0.3 is 6.61 Å². The van der Waals surface area contributed by atoms with Gasteiger partial charge in [0.25, 0.3) is 0 Å². The second kappa shape index (κ2) is 7.59. The first-order chi connectivity index (χ1) is 10.2. The maximum atomic E-state index is 12.0. The highest BCUT2D eigenvalue weighted by molar-refractivity contribution is 5.28. The van der Waals surface area contributed by atoms with Gasteiger partial charge in [-0.05, 0) is 35.4 Å². The molecule has 0 spiro atoms. The predicted octanol–water partition coefficient (Wildman–Crippen LogP) is 3.59. The van der Waals surface area contributed by atoms with E-state index in [0.29, 0.717) is 6.54 Å². The van der Waals surface area contributed by atoms with E-state index in [1.54, 1.807) is 19.2 Å². The minimum Gasteiger partial charge on any atom is -0.497 e. The number of ether oxygens (including phenoxy) is 2.